The third-order valence-corrected chi connectivity index (χ3v) is 2.91. The first-order valence-corrected chi connectivity index (χ1v) is 6.32. The molecule has 0 atom stereocenters. The van der Waals surface area contributed by atoms with Crippen molar-refractivity contribution in [2.45, 2.75) is 5.38 Å². The van der Waals surface area contributed by atoms with Crippen molar-refractivity contribution in [2.75, 3.05) is 0 Å². The molecular formula is C15H10Cl2F2. The lowest BCUT2D eigenvalue weighted by Gasteiger charge is -2.11. The van der Waals surface area contributed by atoms with Crippen LogP contribution in [0.25, 0.3) is 5.57 Å². The van der Waals surface area contributed by atoms with Crippen LogP contribution in [0.4, 0.5) is 8.78 Å². The Hall–Kier alpha value is -1.38. The highest BCUT2D eigenvalue weighted by atomic mass is 35.5. The highest BCUT2D eigenvalue weighted by Gasteiger charge is 2.23. The van der Waals surface area contributed by atoms with Crippen LogP contribution in [-0.4, -0.2) is 5.38 Å². The Labute approximate surface area is 120 Å². The Balaban J connectivity index is 2.53. The van der Waals surface area contributed by atoms with Gasteiger partial charge in [0.2, 0.25) is 0 Å². The number of benzene rings is 2. The van der Waals surface area contributed by atoms with E-state index in [0.29, 0.717) is 21.7 Å². The van der Waals surface area contributed by atoms with Crippen molar-refractivity contribution in [3.63, 3.8) is 0 Å². The van der Waals surface area contributed by atoms with Gasteiger partial charge in [0.25, 0.3) is 0 Å². The molecule has 0 aliphatic heterocycles. The average molecular weight is 299 g/mol. The van der Waals surface area contributed by atoms with Gasteiger partial charge in [0.15, 0.2) is 0 Å². The fraction of sp³-hybridized carbons (Fsp3) is 0.0667. The molecule has 0 radical (unpaired) electrons. The van der Waals surface area contributed by atoms with Crippen LogP contribution in [0.3, 0.4) is 0 Å². The largest absolute Gasteiger partial charge is 0.342 e. The molecule has 0 aromatic heterocycles. The topological polar surface area (TPSA) is 0 Å². The molecule has 2 rings (SSSR count). The lowest BCUT2D eigenvalue weighted by atomic mass is 9.98. The fourth-order valence-electron chi connectivity index (χ4n) is 1.74. The fourth-order valence-corrected chi connectivity index (χ4v) is 1.98. The van der Waals surface area contributed by atoms with Crippen LogP contribution >= 0.6 is 23.2 Å². The lowest BCUT2D eigenvalue weighted by molar-refractivity contribution is 0.153. The molecule has 0 spiro atoms. The van der Waals surface area contributed by atoms with Crippen molar-refractivity contribution in [3.8, 4) is 0 Å². The van der Waals surface area contributed by atoms with Crippen LogP contribution in [0.15, 0.2) is 60.7 Å². The van der Waals surface area contributed by atoms with Crippen molar-refractivity contribution < 1.29 is 8.78 Å². The molecule has 0 aliphatic carbocycles. The summed E-state index contributed by atoms with van der Waals surface area (Å²) in [6.07, 6.45) is 0.743. The number of hydrogen-bond donors (Lipinski definition) is 0. The third-order valence-electron chi connectivity index (χ3n) is 2.55. The van der Waals surface area contributed by atoms with Gasteiger partial charge in [0, 0.05) is 11.1 Å². The Bertz CT molecular complexity index is 569. The minimum Gasteiger partial charge on any atom is -0.184 e. The molecular weight excluding hydrogens is 289 g/mol. The molecule has 0 heterocycles. The number of halogens is 4. The average Bonchev–Trinajstić information content (AvgIpc) is 2.37. The molecule has 0 bridgehead atoms. The molecule has 2 aromatic rings. The van der Waals surface area contributed by atoms with E-state index in [-0.39, 0.29) is 0 Å². The first-order valence-electron chi connectivity index (χ1n) is 5.57. The standard InChI is InChI=1S/C15H10Cl2F2/c16-13-8-6-12(7-9-13)14(10-15(17,18)19)11-4-2-1-3-5-11/h1-10H/b14-10-. The van der Waals surface area contributed by atoms with Crippen LogP contribution in [0.2, 0.25) is 5.02 Å². The lowest BCUT2D eigenvalue weighted by Crippen LogP contribution is -2.02. The molecule has 0 aliphatic rings. The third kappa shape index (κ3) is 4.05. The minimum absolute atomic E-state index is 0.372. The van der Waals surface area contributed by atoms with E-state index in [0.717, 1.165) is 6.08 Å². The maximum atomic E-state index is 13.1. The molecule has 4 heteroatoms. The highest BCUT2D eigenvalue weighted by Crippen LogP contribution is 2.31. The van der Waals surface area contributed by atoms with Gasteiger partial charge in [-0.25, -0.2) is 0 Å². The smallest absolute Gasteiger partial charge is 0.184 e. The summed E-state index contributed by atoms with van der Waals surface area (Å²) in [6, 6.07) is 15.6. The molecule has 0 saturated carbocycles. The predicted octanol–water partition coefficient (Wildman–Crippen LogP) is 5.60. The number of alkyl halides is 3. The molecule has 0 N–H and O–H groups in total. The van der Waals surface area contributed by atoms with Crippen LogP contribution in [0.1, 0.15) is 11.1 Å². The van der Waals surface area contributed by atoms with Gasteiger partial charge in [0.05, 0.1) is 0 Å². The summed E-state index contributed by atoms with van der Waals surface area (Å²) in [6.45, 7) is 0. The second-order valence-corrected chi connectivity index (χ2v) is 4.91. The zero-order valence-electron chi connectivity index (χ0n) is 9.79. The highest BCUT2D eigenvalue weighted by molar-refractivity contribution is 6.30. The SMILES string of the molecule is FC(F)(Cl)/C=C(/c1ccccc1)c1ccc(Cl)cc1. The number of allylic oxidation sites excluding steroid dienone is 1. The predicted molar refractivity (Wildman–Crippen MR) is 75.8 cm³/mol. The number of rotatable bonds is 3. The van der Waals surface area contributed by atoms with Crippen LogP contribution < -0.4 is 0 Å². The summed E-state index contributed by atoms with van der Waals surface area (Å²) in [5.74, 6) is 0. The molecule has 0 nitrogen and oxygen atoms in total. The van der Waals surface area contributed by atoms with E-state index in [9.17, 15) is 8.78 Å². The van der Waals surface area contributed by atoms with E-state index in [4.69, 9.17) is 23.2 Å². The van der Waals surface area contributed by atoms with Crippen molar-refractivity contribution in [1.82, 2.24) is 0 Å². The van der Waals surface area contributed by atoms with Crippen LogP contribution in [0, 0.1) is 0 Å². The van der Waals surface area contributed by atoms with E-state index >= 15 is 0 Å². The first kappa shape index (κ1) is 14.0. The van der Waals surface area contributed by atoms with Crippen molar-refractivity contribution in [2.24, 2.45) is 0 Å². The summed E-state index contributed by atoms with van der Waals surface area (Å²) in [7, 11) is 0. The van der Waals surface area contributed by atoms with E-state index in [1.165, 1.54) is 0 Å². The van der Waals surface area contributed by atoms with Crippen molar-refractivity contribution >= 4 is 28.8 Å². The minimum atomic E-state index is -3.40. The summed E-state index contributed by atoms with van der Waals surface area (Å²) in [4.78, 5) is 0. The molecule has 19 heavy (non-hydrogen) atoms. The Morgan fingerprint density at radius 2 is 1.42 bits per heavy atom. The maximum Gasteiger partial charge on any atom is 0.342 e. The van der Waals surface area contributed by atoms with Gasteiger partial charge in [0.1, 0.15) is 0 Å². The van der Waals surface area contributed by atoms with Gasteiger partial charge < -0.3 is 0 Å². The van der Waals surface area contributed by atoms with Crippen molar-refractivity contribution in [1.29, 1.82) is 0 Å². The second kappa shape index (κ2) is 5.72. The molecule has 0 amide bonds. The van der Waals surface area contributed by atoms with Crippen LogP contribution in [0.5, 0.6) is 0 Å². The maximum absolute atomic E-state index is 13.1. The van der Waals surface area contributed by atoms with Crippen LogP contribution in [-0.2, 0) is 0 Å². The van der Waals surface area contributed by atoms with Gasteiger partial charge in [-0.05, 0) is 40.4 Å². The Morgan fingerprint density at radius 1 is 0.895 bits per heavy atom. The second-order valence-electron chi connectivity index (χ2n) is 3.97. The van der Waals surface area contributed by atoms with E-state index < -0.39 is 5.38 Å². The van der Waals surface area contributed by atoms with E-state index in [1.807, 2.05) is 6.07 Å². The molecule has 98 valence electrons. The molecule has 2 aromatic carbocycles. The van der Waals surface area contributed by atoms with Gasteiger partial charge in [-0.3, -0.25) is 0 Å². The van der Waals surface area contributed by atoms with E-state index in [1.54, 1.807) is 48.5 Å². The van der Waals surface area contributed by atoms with Gasteiger partial charge in [-0.15, -0.1) is 0 Å². The van der Waals surface area contributed by atoms with Gasteiger partial charge in [-0.1, -0.05) is 54.1 Å². The van der Waals surface area contributed by atoms with Crippen molar-refractivity contribution in [3.05, 3.63) is 76.8 Å². The quantitative estimate of drug-likeness (QED) is 0.647. The normalized spacial score (nSPS) is 12.5. The van der Waals surface area contributed by atoms with Gasteiger partial charge >= 0.3 is 5.38 Å². The first-order chi connectivity index (χ1) is 8.96. The summed E-state index contributed by atoms with van der Waals surface area (Å²) >= 11 is 10.8. The molecule has 0 saturated heterocycles. The number of hydrogen-bond acceptors (Lipinski definition) is 0. The van der Waals surface area contributed by atoms with Gasteiger partial charge in [-0.2, -0.15) is 8.78 Å². The summed E-state index contributed by atoms with van der Waals surface area (Å²) in [5, 5.41) is -2.85. The Kier molecular flexibility index (Phi) is 4.23. The monoisotopic (exact) mass is 298 g/mol. The summed E-state index contributed by atoms with van der Waals surface area (Å²) in [5.41, 5.74) is 1.68. The summed E-state index contributed by atoms with van der Waals surface area (Å²) < 4.78 is 26.2. The molecule has 0 fully saturated rings. The zero-order chi connectivity index (χ0) is 13.9. The van der Waals surface area contributed by atoms with E-state index in [2.05, 4.69) is 0 Å². The zero-order valence-corrected chi connectivity index (χ0v) is 11.3. The molecule has 0 unspecified atom stereocenters. The Morgan fingerprint density at radius 3 is 1.95 bits per heavy atom.